The lowest BCUT2D eigenvalue weighted by atomic mass is 10.2. The number of hydrogen-bond donors (Lipinski definition) is 0. The minimum atomic E-state index is 0.911. The fourth-order valence-corrected chi connectivity index (χ4v) is 3.04. The molecule has 0 unspecified atom stereocenters. The molecule has 3 aromatic rings. The molecule has 0 saturated carbocycles. The van der Waals surface area contributed by atoms with Gasteiger partial charge in [0, 0.05) is 55.6 Å². The number of aromatic nitrogens is 3. The average Bonchev–Trinajstić information content (AvgIpc) is 3.00. The summed E-state index contributed by atoms with van der Waals surface area (Å²) in [5.41, 5.74) is 3.42. The first kappa shape index (κ1) is 14.1. The van der Waals surface area contributed by atoms with Gasteiger partial charge in [0.1, 0.15) is 12.1 Å². The molecule has 1 fully saturated rings. The fraction of sp³-hybridized carbons (Fsp3) is 0.353. The molecule has 0 atom stereocenters. The van der Waals surface area contributed by atoms with E-state index in [4.69, 9.17) is 4.52 Å². The monoisotopic (exact) mass is 309 g/mol. The molecule has 2 aromatic heterocycles. The zero-order chi connectivity index (χ0) is 15.6. The second kappa shape index (κ2) is 5.96. The van der Waals surface area contributed by atoms with E-state index >= 15 is 0 Å². The number of nitrogens with zero attached hydrogens (tertiary/aromatic N) is 5. The van der Waals surface area contributed by atoms with Crippen molar-refractivity contribution in [3.63, 3.8) is 0 Å². The first-order valence-electron chi connectivity index (χ1n) is 7.87. The molecular formula is C17H19N5O. The Bertz CT molecular complexity index is 807. The van der Waals surface area contributed by atoms with Gasteiger partial charge in [0.15, 0.2) is 0 Å². The lowest BCUT2D eigenvalue weighted by Gasteiger charge is -2.36. The van der Waals surface area contributed by atoms with Gasteiger partial charge < -0.3 is 9.42 Å². The summed E-state index contributed by atoms with van der Waals surface area (Å²) < 4.78 is 5.14. The van der Waals surface area contributed by atoms with E-state index in [0.29, 0.717) is 0 Å². The van der Waals surface area contributed by atoms with Crippen molar-refractivity contribution in [2.75, 3.05) is 31.1 Å². The molecule has 118 valence electrons. The standard InChI is InChI=1S/C17H19N5O/c1-13-15(10-20-23-13)11-21-4-6-22(7-5-21)16-2-3-17-14(8-16)9-18-12-19-17/h2-3,8-10,12H,4-7,11H2,1H3. The number of aryl methyl sites for hydroxylation is 1. The van der Waals surface area contributed by atoms with Crippen molar-refractivity contribution in [2.45, 2.75) is 13.5 Å². The van der Waals surface area contributed by atoms with Gasteiger partial charge in [0.2, 0.25) is 0 Å². The second-order valence-electron chi connectivity index (χ2n) is 5.94. The summed E-state index contributed by atoms with van der Waals surface area (Å²) in [5, 5.41) is 4.95. The van der Waals surface area contributed by atoms with Crippen LogP contribution in [0.1, 0.15) is 11.3 Å². The van der Waals surface area contributed by atoms with Crippen LogP contribution in [0.4, 0.5) is 5.69 Å². The highest BCUT2D eigenvalue weighted by Crippen LogP contribution is 2.22. The van der Waals surface area contributed by atoms with E-state index in [1.807, 2.05) is 19.3 Å². The predicted octanol–water partition coefficient (Wildman–Crippen LogP) is 2.25. The number of hydrogen-bond acceptors (Lipinski definition) is 6. The Kier molecular flexibility index (Phi) is 3.67. The Balaban J connectivity index is 1.43. The number of fused-ring (bicyclic) bond motifs is 1. The van der Waals surface area contributed by atoms with Crippen molar-refractivity contribution in [3.05, 3.63) is 48.2 Å². The summed E-state index contributed by atoms with van der Waals surface area (Å²) in [7, 11) is 0. The first-order valence-corrected chi connectivity index (χ1v) is 7.87. The van der Waals surface area contributed by atoms with Gasteiger partial charge in [-0.25, -0.2) is 9.97 Å². The second-order valence-corrected chi connectivity index (χ2v) is 5.94. The summed E-state index contributed by atoms with van der Waals surface area (Å²) in [6.45, 7) is 6.99. The Morgan fingerprint density at radius 1 is 1.13 bits per heavy atom. The molecule has 1 aromatic carbocycles. The molecule has 1 aliphatic rings. The number of piperazine rings is 1. The SMILES string of the molecule is Cc1oncc1CN1CCN(c2ccc3ncncc3c2)CC1. The molecule has 1 saturated heterocycles. The van der Waals surface area contributed by atoms with Crippen molar-refractivity contribution in [1.29, 1.82) is 0 Å². The van der Waals surface area contributed by atoms with E-state index in [1.165, 1.54) is 11.3 Å². The summed E-state index contributed by atoms with van der Waals surface area (Å²) in [6.07, 6.45) is 5.29. The first-order chi connectivity index (χ1) is 11.3. The van der Waals surface area contributed by atoms with Crippen LogP contribution in [0.15, 0.2) is 41.4 Å². The van der Waals surface area contributed by atoms with Crippen LogP contribution in [0, 0.1) is 6.92 Å². The maximum absolute atomic E-state index is 5.14. The number of anilines is 1. The molecule has 0 amide bonds. The smallest absolute Gasteiger partial charge is 0.138 e. The quantitative estimate of drug-likeness (QED) is 0.739. The van der Waals surface area contributed by atoms with Crippen LogP contribution in [-0.2, 0) is 6.54 Å². The van der Waals surface area contributed by atoms with Gasteiger partial charge in [0.05, 0.1) is 11.7 Å². The van der Waals surface area contributed by atoms with Crippen LogP contribution in [0.3, 0.4) is 0 Å². The van der Waals surface area contributed by atoms with Crippen molar-refractivity contribution in [2.24, 2.45) is 0 Å². The Morgan fingerprint density at radius 3 is 2.78 bits per heavy atom. The summed E-state index contributed by atoms with van der Waals surface area (Å²) in [5.74, 6) is 0.918. The highest BCUT2D eigenvalue weighted by Gasteiger charge is 2.19. The largest absolute Gasteiger partial charge is 0.369 e. The summed E-state index contributed by atoms with van der Waals surface area (Å²) in [6, 6.07) is 6.39. The number of rotatable bonds is 3. The molecule has 0 bridgehead atoms. The molecule has 0 radical (unpaired) electrons. The third-order valence-corrected chi connectivity index (χ3v) is 4.47. The third kappa shape index (κ3) is 2.90. The molecule has 1 aliphatic heterocycles. The zero-order valence-corrected chi connectivity index (χ0v) is 13.1. The van der Waals surface area contributed by atoms with Gasteiger partial charge in [-0.2, -0.15) is 0 Å². The van der Waals surface area contributed by atoms with Crippen LogP contribution >= 0.6 is 0 Å². The van der Waals surface area contributed by atoms with Crippen molar-refractivity contribution in [1.82, 2.24) is 20.0 Å². The van der Waals surface area contributed by atoms with E-state index < -0.39 is 0 Å². The number of benzene rings is 1. The molecule has 6 heteroatoms. The molecule has 4 rings (SSSR count). The van der Waals surface area contributed by atoms with E-state index in [1.54, 1.807) is 6.33 Å². The Hall–Kier alpha value is -2.47. The minimum absolute atomic E-state index is 0.911. The van der Waals surface area contributed by atoms with Crippen molar-refractivity contribution in [3.8, 4) is 0 Å². The molecule has 3 heterocycles. The van der Waals surface area contributed by atoms with Crippen LogP contribution in [-0.4, -0.2) is 46.2 Å². The molecule has 0 aliphatic carbocycles. The van der Waals surface area contributed by atoms with Crippen LogP contribution < -0.4 is 4.90 Å². The van der Waals surface area contributed by atoms with Gasteiger partial charge in [-0.3, -0.25) is 4.90 Å². The van der Waals surface area contributed by atoms with Crippen molar-refractivity contribution < 1.29 is 4.52 Å². The lowest BCUT2D eigenvalue weighted by Crippen LogP contribution is -2.46. The zero-order valence-electron chi connectivity index (χ0n) is 13.1. The normalized spacial score (nSPS) is 16.1. The Labute approximate surface area is 134 Å². The summed E-state index contributed by atoms with van der Waals surface area (Å²) >= 11 is 0. The highest BCUT2D eigenvalue weighted by atomic mass is 16.5. The Morgan fingerprint density at radius 2 is 2.00 bits per heavy atom. The molecule has 0 N–H and O–H groups in total. The summed E-state index contributed by atoms with van der Waals surface area (Å²) in [4.78, 5) is 13.3. The van der Waals surface area contributed by atoms with Gasteiger partial charge >= 0.3 is 0 Å². The van der Waals surface area contributed by atoms with Crippen LogP contribution in [0.2, 0.25) is 0 Å². The van der Waals surface area contributed by atoms with Crippen LogP contribution in [0.5, 0.6) is 0 Å². The third-order valence-electron chi connectivity index (χ3n) is 4.47. The predicted molar refractivity (Wildman–Crippen MR) is 88.3 cm³/mol. The van der Waals surface area contributed by atoms with Gasteiger partial charge in [0.25, 0.3) is 0 Å². The molecule has 23 heavy (non-hydrogen) atoms. The van der Waals surface area contributed by atoms with E-state index in [0.717, 1.165) is 49.4 Å². The minimum Gasteiger partial charge on any atom is -0.369 e. The van der Waals surface area contributed by atoms with Gasteiger partial charge in [-0.1, -0.05) is 5.16 Å². The van der Waals surface area contributed by atoms with E-state index in [2.05, 4.69) is 43.1 Å². The average molecular weight is 309 g/mol. The highest BCUT2D eigenvalue weighted by molar-refractivity contribution is 5.81. The topological polar surface area (TPSA) is 58.3 Å². The fourth-order valence-electron chi connectivity index (χ4n) is 3.04. The maximum atomic E-state index is 5.14. The molecular weight excluding hydrogens is 290 g/mol. The maximum Gasteiger partial charge on any atom is 0.138 e. The van der Waals surface area contributed by atoms with E-state index in [9.17, 15) is 0 Å². The molecule has 0 spiro atoms. The molecule has 6 nitrogen and oxygen atoms in total. The van der Waals surface area contributed by atoms with Crippen molar-refractivity contribution >= 4 is 16.6 Å². The lowest BCUT2D eigenvalue weighted by molar-refractivity contribution is 0.248. The van der Waals surface area contributed by atoms with E-state index in [-0.39, 0.29) is 0 Å². The van der Waals surface area contributed by atoms with Gasteiger partial charge in [-0.05, 0) is 25.1 Å². The van der Waals surface area contributed by atoms with Gasteiger partial charge in [-0.15, -0.1) is 0 Å². The van der Waals surface area contributed by atoms with Crippen LogP contribution in [0.25, 0.3) is 10.9 Å².